The number of nitriles is 2. The third kappa shape index (κ3) is 3.14. The Labute approximate surface area is 81.0 Å². The lowest BCUT2D eigenvalue weighted by atomic mass is 10.3. The van der Waals surface area contributed by atoms with Crippen LogP contribution in [0.15, 0.2) is 23.4 Å². The first-order chi connectivity index (χ1) is 6.36. The zero-order valence-corrected chi connectivity index (χ0v) is 7.71. The van der Waals surface area contributed by atoms with Crippen LogP contribution >= 0.6 is 11.8 Å². The van der Waals surface area contributed by atoms with Gasteiger partial charge < -0.3 is 0 Å². The largest absolute Gasteiger partial charge is 0.250 e. The molecule has 0 aliphatic rings. The van der Waals surface area contributed by atoms with Crippen molar-refractivity contribution in [2.75, 3.05) is 5.75 Å². The van der Waals surface area contributed by atoms with Gasteiger partial charge in [0.25, 0.3) is 0 Å². The van der Waals surface area contributed by atoms with Gasteiger partial charge in [0.05, 0.1) is 22.7 Å². The third-order valence-corrected chi connectivity index (χ3v) is 2.26. The van der Waals surface area contributed by atoms with Crippen molar-refractivity contribution in [1.82, 2.24) is 4.98 Å². The Morgan fingerprint density at radius 2 is 2.31 bits per heavy atom. The zero-order valence-electron chi connectivity index (χ0n) is 6.90. The first-order valence-electron chi connectivity index (χ1n) is 3.72. The van der Waals surface area contributed by atoms with Gasteiger partial charge >= 0.3 is 0 Å². The molecule has 1 aromatic heterocycles. The van der Waals surface area contributed by atoms with Crippen molar-refractivity contribution in [2.45, 2.75) is 11.4 Å². The van der Waals surface area contributed by atoms with E-state index in [4.69, 9.17) is 10.5 Å². The smallest absolute Gasteiger partial charge is 0.0993 e. The average Bonchev–Trinajstić information content (AvgIpc) is 2.19. The summed E-state index contributed by atoms with van der Waals surface area (Å²) in [4.78, 5) is 4.06. The second-order valence-electron chi connectivity index (χ2n) is 2.25. The summed E-state index contributed by atoms with van der Waals surface area (Å²) in [6, 6.07) is 7.48. The SMILES string of the molecule is N#CCCSc1cc(C#N)ccn1. The van der Waals surface area contributed by atoms with Crippen molar-refractivity contribution in [3.63, 3.8) is 0 Å². The van der Waals surface area contributed by atoms with Crippen LogP contribution in [-0.4, -0.2) is 10.7 Å². The first-order valence-corrected chi connectivity index (χ1v) is 4.71. The van der Waals surface area contributed by atoms with E-state index in [-0.39, 0.29) is 0 Å². The number of nitrogens with zero attached hydrogens (tertiary/aromatic N) is 3. The van der Waals surface area contributed by atoms with E-state index in [0.717, 1.165) is 10.8 Å². The van der Waals surface area contributed by atoms with E-state index in [9.17, 15) is 0 Å². The topological polar surface area (TPSA) is 60.5 Å². The molecular weight excluding hydrogens is 182 g/mol. The number of rotatable bonds is 3. The predicted octanol–water partition coefficient (Wildman–Crippen LogP) is 1.96. The normalized spacial score (nSPS) is 8.77. The van der Waals surface area contributed by atoms with Gasteiger partial charge in [-0.05, 0) is 12.1 Å². The Morgan fingerprint density at radius 1 is 1.46 bits per heavy atom. The fraction of sp³-hybridized carbons (Fsp3) is 0.222. The van der Waals surface area contributed by atoms with Crippen LogP contribution in [-0.2, 0) is 0 Å². The van der Waals surface area contributed by atoms with Crippen molar-refractivity contribution in [3.8, 4) is 12.1 Å². The van der Waals surface area contributed by atoms with Gasteiger partial charge in [0, 0.05) is 18.4 Å². The van der Waals surface area contributed by atoms with Crippen molar-refractivity contribution in [1.29, 1.82) is 10.5 Å². The molecule has 1 rings (SSSR count). The van der Waals surface area contributed by atoms with E-state index >= 15 is 0 Å². The van der Waals surface area contributed by atoms with Crippen LogP contribution in [0.1, 0.15) is 12.0 Å². The Kier molecular flexibility index (Phi) is 3.81. The summed E-state index contributed by atoms with van der Waals surface area (Å²) in [5, 5.41) is 17.7. The summed E-state index contributed by atoms with van der Waals surface area (Å²) in [5.41, 5.74) is 0.606. The molecule has 0 spiro atoms. The minimum absolute atomic E-state index is 0.503. The quantitative estimate of drug-likeness (QED) is 0.538. The van der Waals surface area contributed by atoms with Crippen molar-refractivity contribution >= 4 is 11.8 Å². The number of hydrogen-bond acceptors (Lipinski definition) is 4. The van der Waals surface area contributed by atoms with E-state index in [2.05, 4.69) is 11.1 Å². The lowest BCUT2D eigenvalue weighted by molar-refractivity contribution is 1.12. The maximum atomic E-state index is 8.59. The highest BCUT2D eigenvalue weighted by molar-refractivity contribution is 7.99. The maximum absolute atomic E-state index is 8.59. The minimum Gasteiger partial charge on any atom is -0.250 e. The van der Waals surface area contributed by atoms with E-state index in [1.807, 2.05) is 6.07 Å². The van der Waals surface area contributed by atoms with Gasteiger partial charge in [-0.25, -0.2) is 4.98 Å². The minimum atomic E-state index is 0.503. The summed E-state index contributed by atoms with van der Waals surface area (Å²) < 4.78 is 0. The molecule has 4 heteroatoms. The molecule has 0 N–H and O–H groups in total. The third-order valence-electron chi connectivity index (χ3n) is 1.33. The maximum Gasteiger partial charge on any atom is 0.0993 e. The van der Waals surface area contributed by atoms with Gasteiger partial charge in [-0.3, -0.25) is 0 Å². The van der Waals surface area contributed by atoms with Gasteiger partial charge in [0.15, 0.2) is 0 Å². The van der Waals surface area contributed by atoms with Gasteiger partial charge in [-0.1, -0.05) is 0 Å². The molecule has 13 heavy (non-hydrogen) atoms. The second kappa shape index (κ2) is 5.18. The van der Waals surface area contributed by atoms with E-state index in [0.29, 0.717) is 12.0 Å². The molecule has 0 amide bonds. The standard InChI is InChI=1S/C9H7N3S/c10-3-1-5-13-9-6-8(7-11)2-4-12-9/h2,4,6H,1,5H2. The highest BCUT2D eigenvalue weighted by Crippen LogP contribution is 2.16. The van der Waals surface area contributed by atoms with Gasteiger partial charge in [-0.15, -0.1) is 11.8 Å². The van der Waals surface area contributed by atoms with Crippen molar-refractivity contribution < 1.29 is 0 Å². The molecule has 0 aliphatic carbocycles. The monoisotopic (exact) mass is 189 g/mol. The molecule has 0 saturated carbocycles. The highest BCUT2D eigenvalue weighted by Gasteiger charge is 1.96. The number of thioether (sulfide) groups is 1. The van der Waals surface area contributed by atoms with Crippen LogP contribution in [0.5, 0.6) is 0 Å². The molecule has 0 bridgehead atoms. The summed E-state index contributed by atoms with van der Waals surface area (Å²) in [7, 11) is 0. The lowest BCUT2D eigenvalue weighted by Crippen LogP contribution is -1.83. The molecule has 0 saturated heterocycles. The summed E-state index contributed by atoms with van der Waals surface area (Å²) in [6.45, 7) is 0. The Hall–Kier alpha value is -1.52. The first kappa shape index (κ1) is 9.57. The molecule has 0 atom stereocenters. The highest BCUT2D eigenvalue weighted by atomic mass is 32.2. The van der Waals surface area contributed by atoms with E-state index in [1.54, 1.807) is 18.3 Å². The Bertz CT molecular complexity index is 362. The fourth-order valence-corrected chi connectivity index (χ4v) is 1.51. The molecule has 0 aliphatic heterocycles. The van der Waals surface area contributed by atoms with E-state index < -0.39 is 0 Å². The van der Waals surface area contributed by atoms with Crippen LogP contribution in [0.3, 0.4) is 0 Å². The summed E-state index contributed by atoms with van der Waals surface area (Å²) in [6.07, 6.45) is 2.11. The Morgan fingerprint density at radius 3 is 3.00 bits per heavy atom. The van der Waals surface area contributed by atoms with Crippen LogP contribution in [0.4, 0.5) is 0 Å². The van der Waals surface area contributed by atoms with Crippen LogP contribution < -0.4 is 0 Å². The van der Waals surface area contributed by atoms with Crippen molar-refractivity contribution in [2.24, 2.45) is 0 Å². The molecular formula is C9H7N3S. The molecule has 0 fully saturated rings. The van der Waals surface area contributed by atoms with Crippen LogP contribution in [0.25, 0.3) is 0 Å². The average molecular weight is 189 g/mol. The Balaban J connectivity index is 2.59. The van der Waals surface area contributed by atoms with Gasteiger partial charge in [-0.2, -0.15) is 10.5 Å². The second-order valence-corrected chi connectivity index (χ2v) is 3.37. The van der Waals surface area contributed by atoms with E-state index in [1.165, 1.54) is 11.8 Å². The van der Waals surface area contributed by atoms with Crippen molar-refractivity contribution in [3.05, 3.63) is 23.9 Å². The lowest BCUT2D eigenvalue weighted by Gasteiger charge is -1.96. The molecule has 64 valence electrons. The number of pyridine rings is 1. The summed E-state index contributed by atoms with van der Waals surface area (Å²) >= 11 is 1.49. The molecule has 0 aromatic carbocycles. The molecule has 0 radical (unpaired) electrons. The van der Waals surface area contributed by atoms with Gasteiger partial charge in [0.2, 0.25) is 0 Å². The molecule has 1 heterocycles. The van der Waals surface area contributed by atoms with Crippen LogP contribution in [0, 0.1) is 22.7 Å². The predicted molar refractivity (Wildman–Crippen MR) is 49.9 cm³/mol. The molecule has 0 unspecified atom stereocenters. The molecule has 1 aromatic rings. The van der Waals surface area contributed by atoms with Gasteiger partial charge in [0.1, 0.15) is 0 Å². The summed E-state index contributed by atoms with van der Waals surface area (Å²) in [5.74, 6) is 0.721. The number of aromatic nitrogens is 1. The van der Waals surface area contributed by atoms with Crippen LogP contribution in [0.2, 0.25) is 0 Å². The fourth-order valence-electron chi connectivity index (χ4n) is 0.759. The zero-order chi connectivity index (χ0) is 9.52. The number of hydrogen-bond donors (Lipinski definition) is 0. The molecule has 3 nitrogen and oxygen atoms in total.